The molecule has 1 heterocycles. The standard InChI is InChI=1S/C25H40O3/c1-22(2)20-16-9-10-19(25(5)27-14-15-28-25)24(16,4)13-11-17(20)23(3)12-7-6-8-18(23)21(22)26/h16-20H,6-15H2,1-5H3/t16?,17?,18?,19-,20?,23+,24-/m0/s1. The van der Waals surface area contributed by atoms with Gasteiger partial charge in [0.1, 0.15) is 5.78 Å². The molecule has 28 heavy (non-hydrogen) atoms. The first kappa shape index (κ1) is 19.5. The molecule has 7 atom stereocenters. The predicted octanol–water partition coefficient (Wildman–Crippen LogP) is 5.61. The number of carbonyl (C=O) groups is 1. The average Bonchev–Trinajstić information content (AvgIpc) is 3.23. The molecule has 0 amide bonds. The fourth-order valence-corrected chi connectivity index (χ4v) is 9.32. The van der Waals surface area contributed by atoms with Crippen LogP contribution in [0.4, 0.5) is 0 Å². The van der Waals surface area contributed by atoms with Crippen LogP contribution in [0.3, 0.4) is 0 Å². The molecular formula is C25H40O3. The van der Waals surface area contributed by atoms with Crippen LogP contribution in [0.2, 0.25) is 0 Å². The van der Waals surface area contributed by atoms with Crippen molar-refractivity contribution in [3.05, 3.63) is 0 Å². The van der Waals surface area contributed by atoms with Crippen LogP contribution in [0, 0.1) is 45.8 Å². The van der Waals surface area contributed by atoms with Crippen LogP contribution in [-0.2, 0) is 14.3 Å². The van der Waals surface area contributed by atoms with Crippen LogP contribution in [0.1, 0.15) is 86.0 Å². The average molecular weight is 389 g/mol. The van der Waals surface area contributed by atoms with Gasteiger partial charge in [0.2, 0.25) is 0 Å². The van der Waals surface area contributed by atoms with E-state index in [4.69, 9.17) is 9.47 Å². The molecule has 0 radical (unpaired) electrons. The Balaban J connectivity index is 1.54. The molecule has 1 saturated heterocycles. The number of ketones is 1. The number of hydrogen-bond acceptors (Lipinski definition) is 3. The number of Topliss-reactive ketones (excluding diaryl/α,β-unsaturated/α-hetero) is 1. The molecule has 5 rings (SSSR count). The maximum Gasteiger partial charge on any atom is 0.169 e. The Kier molecular flexibility index (Phi) is 4.23. The minimum Gasteiger partial charge on any atom is -0.348 e. The number of rotatable bonds is 1. The third kappa shape index (κ3) is 2.32. The summed E-state index contributed by atoms with van der Waals surface area (Å²) in [6.07, 6.45) is 9.94. The van der Waals surface area contributed by atoms with E-state index in [0.29, 0.717) is 35.4 Å². The van der Waals surface area contributed by atoms with Gasteiger partial charge in [0.25, 0.3) is 0 Å². The predicted molar refractivity (Wildman–Crippen MR) is 110 cm³/mol. The van der Waals surface area contributed by atoms with Gasteiger partial charge in [-0.05, 0) is 74.0 Å². The minimum atomic E-state index is -0.420. The number of fused-ring (bicyclic) bond motifs is 5. The third-order valence-electron chi connectivity index (χ3n) is 10.7. The lowest BCUT2D eigenvalue weighted by Gasteiger charge is -2.64. The van der Waals surface area contributed by atoms with E-state index < -0.39 is 5.79 Å². The summed E-state index contributed by atoms with van der Waals surface area (Å²) < 4.78 is 12.3. The second-order valence-electron chi connectivity index (χ2n) is 12.0. The molecule has 3 heteroatoms. The minimum absolute atomic E-state index is 0.189. The molecule has 5 fully saturated rings. The van der Waals surface area contributed by atoms with Gasteiger partial charge in [-0.15, -0.1) is 0 Å². The van der Waals surface area contributed by atoms with E-state index in [2.05, 4.69) is 34.6 Å². The first-order chi connectivity index (χ1) is 13.1. The van der Waals surface area contributed by atoms with Crippen molar-refractivity contribution in [1.82, 2.24) is 0 Å². The normalized spacial score (nSPS) is 52.0. The van der Waals surface area contributed by atoms with Crippen LogP contribution in [-0.4, -0.2) is 24.8 Å². The van der Waals surface area contributed by atoms with Gasteiger partial charge < -0.3 is 9.47 Å². The maximum atomic E-state index is 13.8. The maximum absolute atomic E-state index is 13.8. The topological polar surface area (TPSA) is 35.5 Å². The zero-order valence-corrected chi connectivity index (χ0v) is 18.7. The van der Waals surface area contributed by atoms with E-state index in [1.807, 2.05) is 0 Å². The highest BCUT2D eigenvalue weighted by Crippen LogP contribution is 2.71. The summed E-state index contributed by atoms with van der Waals surface area (Å²) in [5.41, 5.74) is 0.278. The third-order valence-corrected chi connectivity index (χ3v) is 10.7. The molecule has 3 nitrogen and oxygen atoms in total. The van der Waals surface area contributed by atoms with Gasteiger partial charge in [-0.2, -0.15) is 0 Å². The van der Waals surface area contributed by atoms with E-state index in [0.717, 1.165) is 19.6 Å². The molecule has 0 aromatic rings. The van der Waals surface area contributed by atoms with Crippen molar-refractivity contribution in [2.45, 2.75) is 91.8 Å². The molecule has 0 N–H and O–H groups in total. The molecule has 4 unspecified atom stereocenters. The van der Waals surface area contributed by atoms with Crippen molar-refractivity contribution < 1.29 is 14.3 Å². The zero-order valence-electron chi connectivity index (χ0n) is 18.7. The summed E-state index contributed by atoms with van der Waals surface area (Å²) in [7, 11) is 0. The molecule has 5 aliphatic rings. The van der Waals surface area contributed by atoms with E-state index in [1.165, 1.54) is 44.9 Å². The van der Waals surface area contributed by atoms with Crippen molar-refractivity contribution >= 4 is 5.78 Å². The molecule has 4 saturated carbocycles. The van der Waals surface area contributed by atoms with Gasteiger partial charge in [-0.3, -0.25) is 4.79 Å². The second kappa shape index (κ2) is 6.06. The Hall–Kier alpha value is -0.410. The summed E-state index contributed by atoms with van der Waals surface area (Å²) in [5.74, 6) is 2.78. The lowest BCUT2D eigenvalue weighted by atomic mass is 9.39. The van der Waals surface area contributed by atoms with Crippen molar-refractivity contribution in [2.24, 2.45) is 45.8 Å². The highest BCUT2D eigenvalue weighted by Gasteiger charge is 2.68. The molecule has 158 valence electrons. The Morgan fingerprint density at radius 3 is 2.18 bits per heavy atom. The van der Waals surface area contributed by atoms with Gasteiger partial charge in [0.05, 0.1) is 13.2 Å². The Labute approximate surface area is 171 Å². The molecule has 0 spiro atoms. The lowest BCUT2D eigenvalue weighted by molar-refractivity contribution is -0.224. The van der Waals surface area contributed by atoms with E-state index in [1.54, 1.807) is 0 Å². The Bertz CT molecular complexity index is 663. The fraction of sp³-hybridized carbons (Fsp3) is 0.960. The quantitative estimate of drug-likeness (QED) is 0.585. The molecule has 4 aliphatic carbocycles. The molecule has 0 bridgehead atoms. The van der Waals surface area contributed by atoms with Crippen LogP contribution in [0.15, 0.2) is 0 Å². The lowest BCUT2D eigenvalue weighted by Crippen LogP contribution is -2.63. The summed E-state index contributed by atoms with van der Waals surface area (Å²) in [6.45, 7) is 13.2. The molecule has 0 aromatic heterocycles. The van der Waals surface area contributed by atoms with Crippen LogP contribution in [0.5, 0.6) is 0 Å². The van der Waals surface area contributed by atoms with Crippen molar-refractivity contribution in [1.29, 1.82) is 0 Å². The molecular weight excluding hydrogens is 348 g/mol. The molecule has 1 aliphatic heterocycles. The highest BCUT2D eigenvalue weighted by molar-refractivity contribution is 5.88. The van der Waals surface area contributed by atoms with Gasteiger partial charge in [-0.25, -0.2) is 0 Å². The van der Waals surface area contributed by atoms with Crippen molar-refractivity contribution in [3.63, 3.8) is 0 Å². The summed E-state index contributed by atoms with van der Waals surface area (Å²) in [4.78, 5) is 13.8. The van der Waals surface area contributed by atoms with E-state index in [-0.39, 0.29) is 16.2 Å². The van der Waals surface area contributed by atoms with Crippen molar-refractivity contribution in [2.75, 3.05) is 13.2 Å². The SMILES string of the molecule is CC1(C)C(=O)C2CCCC[C@]2(C)C2CC[C@@]3(C)C(CC[C@@H]3C3(C)OCCO3)C21. The van der Waals surface area contributed by atoms with Crippen LogP contribution in [0.25, 0.3) is 0 Å². The van der Waals surface area contributed by atoms with Gasteiger partial charge in [0, 0.05) is 17.3 Å². The van der Waals surface area contributed by atoms with Gasteiger partial charge >= 0.3 is 0 Å². The summed E-state index contributed by atoms with van der Waals surface area (Å²) >= 11 is 0. The largest absolute Gasteiger partial charge is 0.348 e. The fourth-order valence-electron chi connectivity index (χ4n) is 9.32. The van der Waals surface area contributed by atoms with E-state index in [9.17, 15) is 4.79 Å². The number of carbonyl (C=O) groups excluding carboxylic acids is 1. The smallest absolute Gasteiger partial charge is 0.169 e. The first-order valence-corrected chi connectivity index (χ1v) is 12.0. The van der Waals surface area contributed by atoms with Crippen molar-refractivity contribution in [3.8, 4) is 0 Å². The monoisotopic (exact) mass is 388 g/mol. The van der Waals surface area contributed by atoms with E-state index >= 15 is 0 Å². The molecule has 0 aromatic carbocycles. The first-order valence-electron chi connectivity index (χ1n) is 12.0. The summed E-state index contributed by atoms with van der Waals surface area (Å²) in [5, 5.41) is 0. The Morgan fingerprint density at radius 1 is 0.786 bits per heavy atom. The summed E-state index contributed by atoms with van der Waals surface area (Å²) in [6, 6.07) is 0. The number of hydrogen-bond donors (Lipinski definition) is 0. The van der Waals surface area contributed by atoms with Crippen LogP contribution >= 0.6 is 0 Å². The Morgan fingerprint density at radius 2 is 1.46 bits per heavy atom. The van der Waals surface area contributed by atoms with Gasteiger partial charge in [-0.1, -0.05) is 40.5 Å². The van der Waals surface area contributed by atoms with Crippen LogP contribution < -0.4 is 0 Å². The second-order valence-corrected chi connectivity index (χ2v) is 12.0. The zero-order chi connectivity index (χ0) is 19.9. The van der Waals surface area contributed by atoms with Gasteiger partial charge in [0.15, 0.2) is 5.79 Å². The number of ether oxygens (including phenoxy) is 2. The highest BCUT2D eigenvalue weighted by atomic mass is 16.7.